The van der Waals surface area contributed by atoms with Crippen molar-refractivity contribution in [1.29, 1.82) is 0 Å². The fraction of sp³-hybridized carbons (Fsp3) is 0.414. The first kappa shape index (κ1) is 33.0. The van der Waals surface area contributed by atoms with Gasteiger partial charge in [0.05, 0.1) is 9.82 Å². The van der Waals surface area contributed by atoms with E-state index in [9.17, 15) is 34.1 Å². The largest absolute Gasteiger partial charge is 0.368 e. The maximum absolute atomic E-state index is 13.1. The van der Waals surface area contributed by atoms with Gasteiger partial charge in [-0.25, -0.2) is 0 Å². The van der Waals surface area contributed by atoms with E-state index in [-0.39, 0.29) is 47.2 Å². The van der Waals surface area contributed by atoms with Crippen LogP contribution in [0.3, 0.4) is 0 Å². The van der Waals surface area contributed by atoms with Crippen molar-refractivity contribution in [3.63, 3.8) is 0 Å². The van der Waals surface area contributed by atoms with Gasteiger partial charge in [-0.05, 0) is 56.7 Å². The van der Waals surface area contributed by atoms with Crippen LogP contribution in [0.4, 0.5) is 5.69 Å². The average molecular weight is 613 g/mol. The summed E-state index contributed by atoms with van der Waals surface area (Å²) >= 11 is 1.01. The van der Waals surface area contributed by atoms with Gasteiger partial charge in [0.25, 0.3) is 11.6 Å². The molecule has 5 amide bonds. The number of hydrogen-bond acceptors (Lipinski definition) is 8. The number of carbonyl (C=O) groups is 5. The Bertz CT molecular complexity index is 1340. The first-order valence-electron chi connectivity index (χ1n) is 14.0. The van der Waals surface area contributed by atoms with Gasteiger partial charge < -0.3 is 27.0 Å². The molecule has 3 atom stereocenters. The average Bonchev–Trinajstić information content (AvgIpc) is 2.98. The molecular formula is C29H36N6O7S. The second-order valence-corrected chi connectivity index (χ2v) is 11.2. The number of nitrogens with zero attached hydrogens (tertiary/aromatic N) is 1. The predicted molar refractivity (Wildman–Crippen MR) is 160 cm³/mol. The zero-order chi connectivity index (χ0) is 31.4. The van der Waals surface area contributed by atoms with Crippen molar-refractivity contribution >= 4 is 47.0 Å². The molecule has 0 aromatic heterocycles. The van der Waals surface area contributed by atoms with Gasteiger partial charge in [-0.15, -0.1) is 11.8 Å². The number of carbonyl (C=O) groups excluding carboxylic acids is 5. The molecule has 230 valence electrons. The van der Waals surface area contributed by atoms with Crippen molar-refractivity contribution in [3.05, 3.63) is 69.8 Å². The summed E-state index contributed by atoms with van der Waals surface area (Å²) < 4.78 is 0. The van der Waals surface area contributed by atoms with Gasteiger partial charge in [0.1, 0.15) is 18.1 Å². The number of nitro benzene ring substituents is 1. The molecule has 14 heteroatoms. The molecule has 6 N–H and O–H groups in total. The number of amides is 5. The lowest BCUT2D eigenvalue weighted by atomic mass is 10.1. The number of nitro groups is 1. The molecule has 2 aliphatic rings. The summed E-state index contributed by atoms with van der Waals surface area (Å²) in [7, 11) is 0. The fourth-order valence-corrected chi connectivity index (χ4v) is 5.41. The molecule has 0 saturated heterocycles. The van der Waals surface area contributed by atoms with Crippen LogP contribution >= 0.6 is 11.8 Å². The number of primary amides is 1. The molecule has 0 spiro atoms. The normalized spacial score (nSPS) is 20.4. The van der Waals surface area contributed by atoms with Gasteiger partial charge in [-0.2, -0.15) is 0 Å². The third kappa shape index (κ3) is 10.4. The molecule has 0 aliphatic carbocycles. The van der Waals surface area contributed by atoms with Crippen molar-refractivity contribution in [2.75, 3.05) is 12.3 Å². The lowest BCUT2D eigenvalue weighted by Crippen LogP contribution is -2.51. The number of rotatable bonds is 7. The van der Waals surface area contributed by atoms with Gasteiger partial charge in [-0.3, -0.25) is 34.1 Å². The van der Waals surface area contributed by atoms with E-state index in [2.05, 4.69) is 21.3 Å². The topological polar surface area (TPSA) is 203 Å². The summed E-state index contributed by atoms with van der Waals surface area (Å²) in [6.45, 7) is 1.64. The third-order valence-corrected chi connectivity index (χ3v) is 7.96. The minimum atomic E-state index is -1.05. The summed E-state index contributed by atoms with van der Waals surface area (Å²) in [5.74, 6) is -2.91. The fourth-order valence-electron chi connectivity index (χ4n) is 4.38. The van der Waals surface area contributed by atoms with Crippen LogP contribution in [0.5, 0.6) is 0 Å². The van der Waals surface area contributed by atoms with E-state index in [1.165, 1.54) is 19.1 Å². The molecule has 2 aromatic rings. The van der Waals surface area contributed by atoms with Crippen LogP contribution in [0.2, 0.25) is 0 Å². The first-order valence-corrected chi connectivity index (χ1v) is 15.0. The quantitative estimate of drug-likeness (QED) is 0.229. The van der Waals surface area contributed by atoms with Crippen LogP contribution in [0, 0.1) is 10.1 Å². The molecule has 2 bridgehead atoms. The minimum absolute atomic E-state index is 0.00183. The van der Waals surface area contributed by atoms with Crippen LogP contribution in [-0.4, -0.2) is 64.9 Å². The summed E-state index contributed by atoms with van der Waals surface area (Å²) in [5.41, 5.74) is 6.12. The summed E-state index contributed by atoms with van der Waals surface area (Å²) in [5, 5.41) is 22.4. The van der Waals surface area contributed by atoms with Crippen LogP contribution in [-0.2, 0) is 25.6 Å². The number of thioether (sulfide) groups is 1. The Kier molecular flexibility index (Phi) is 12.5. The highest BCUT2D eigenvalue weighted by atomic mass is 32.2. The molecule has 43 heavy (non-hydrogen) atoms. The molecule has 0 fully saturated rings. The summed E-state index contributed by atoms with van der Waals surface area (Å²) in [6, 6.07) is 10.5. The van der Waals surface area contributed by atoms with E-state index >= 15 is 0 Å². The van der Waals surface area contributed by atoms with E-state index < -0.39 is 46.7 Å². The van der Waals surface area contributed by atoms with Crippen molar-refractivity contribution in [3.8, 4) is 0 Å². The van der Waals surface area contributed by atoms with Crippen molar-refractivity contribution < 1.29 is 28.9 Å². The molecule has 0 saturated carbocycles. The zero-order valence-corrected chi connectivity index (χ0v) is 24.6. The first-order chi connectivity index (χ1) is 20.5. The number of nitrogens with two attached hydrogens (primary N) is 1. The Balaban J connectivity index is 1.79. The van der Waals surface area contributed by atoms with E-state index in [0.29, 0.717) is 25.7 Å². The number of benzene rings is 2. The number of hydrogen-bond donors (Lipinski definition) is 5. The van der Waals surface area contributed by atoms with E-state index in [1.54, 1.807) is 0 Å². The summed E-state index contributed by atoms with van der Waals surface area (Å²) in [4.78, 5) is 74.6. The number of aryl methyl sites for hydroxylation is 1. The summed E-state index contributed by atoms with van der Waals surface area (Å²) in [6.07, 6.45) is 2.56. The van der Waals surface area contributed by atoms with Crippen molar-refractivity contribution in [1.82, 2.24) is 21.3 Å². The number of fused-ring (bicyclic) bond motifs is 16. The lowest BCUT2D eigenvalue weighted by molar-refractivity contribution is -0.387. The third-order valence-electron chi connectivity index (χ3n) is 6.81. The van der Waals surface area contributed by atoms with Gasteiger partial charge in [-0.1, -0.05) is 30.3 Å². The maximum atomic E-state index is 13.1. The van der Waals surface area contributed by atoms with Gasteiger partial charge in [0, 0.05) is 30.3 Å². The molecule has 4 rings (SSSR count). The standard InChI is InChI=1S/C29H36N6O7S/c1-18-27(38)34-21(26(30)37)11-5-6-15-31-29(40)22(33-25(36)12-7-10-19-8-3-2-4-9-19)17-43-24-14-13-20(28(39)32-18)16-23(24)35(41)42/h2-4,8-9,13-14,16,18,21-22H,5-7,10-12,15,17H2,1H3,(H2,30,37)(H,31,40)(H,32,39)(H,33,36)(H,34,38)/t18-,21-,22-/m1/s1. The number of nitrogens with one attached hydrogen (secondary N) is 4. The molecule has 0 unspecified atom stereocenters. The van der Waals surface area contributed by atoms with Crippen LogP contribution in [0.15, 0.2) is 53.4 Å². The Morgan fingerprint density at radius 2 is 1.81 bits per heavy atom. The van der Waals surface area contributed by atoms with Gasteiger partial charge in [0.2, 0.25) is 23.6 Å². The van der Waals surface area contributed by atoms with E-state index in [0.717, 1.165) is 23.4 Å². The van der Waals surface area contributed by atoms with Gasteiger partial charge >= 0.3 is 0 Å². The molecule has 2 aromatic carbocycles. The molecular weight excluding hydrogens is 576 g/mol. The highest BCUT2D eigenvalue weighted by Gasteiger charge is 2.26. The zero-order valence-electron chi connectivity index (χ0n) is 23.8. The van der Waals surface area contributed by atoms with Gasteiger partial charge in [0.15, 0.2) is 0 Å². The Morgan fingerprint density at radius 1 is 1.07 bits per heavy atom. The Morgan fingerprint density at radius 3 is 2.51 bits per heavy atom. The predicted octanol–water partition coefficient (Wildman–Crippen LogP) is 1.58. The smallest absolute Gasteiger partial charge is 0.283 e. The lowest BCUT2D eigenvalue weighted by Gasteiger charge is -2.20. The SMILES string of the molecule is C[C@H]1NC(=O)c2ccc(c([N+](=O)[O-])c2)SC[C@@H](NC(=O)CCCc2ccccc2)C(=O)NCCCC[C@H](C(N)=O)NC1=O. The highest BCUT2D eigenvalue weighted by Crippen LogP contribution is 2.31. The van der Waals surface area contributed by atoms with E-state index in [4.69, 9.17) is 5.73 Å². The maximum Gasteiger partial charge on any atom is 0.283 e. The second-order valence-electron chi connectivity index (χ2n) is 10.2. The molecule has 0 radical (unpaired) electrons. The van der Waals surface area contributed by atoms with E-state index in [1.807, 2.05) is 30.3 Å². The highest BCUT2D eigenvalue weighted by molar-refractivity contribution is 7.99. The monoisotopic (exact) mass is 612 g/mol. The molecule has 2 heterocycles. The Hall–Kier alpha value is -4.46. The second kappa shape index (κ2) is 16.2. The van der Waals surface area contributed by atoms with Crippen molar-refractivity contribution in [2.24, 2.45) is 5.73 Å². The minimum Gasteiger partial charge on any atom is -0.368 e. The van der Waals surface area contributed by atoms with Crippen LogP contribution in [0.25, 0.3) is 0 Å². The van der Waals surface area contributed by atoms with Crippen LogP contribution in [0.1, 0.15) is 54.9 Å². The molecule has 13 nitrogen and oxygen atoms in total. The Labute approximate surface area is 253 Å². The molecule has 2 aliphatic heterocycles. The van der Waals surface area contributed by atoms with Crippen LogP contribution < -0.4 is 27.0 Å². The van der Waals surface area contributed by atoms with Crippen molar-refractivity contribution in [2.45, 2.75) is 68.5 Å².